The fraction of sp³-hybridized carbons (Fsp3) is 0. The molecule has 366 valence electrons. The van der Waals surface area contributed by atoms with Crippen molar-refractivity contribution in [3.05, 3.63) is 278 Å². The first kappa shape index (κ1) is 45.3. The normalized spacial score (nSPS) is 11.7. The molecule has 0 unspecified atom stereocenters. The van der Waals surface area contributed by atoms with Gasteiger partial charge < -0.3 is 0 Å². The molecular formula is C78H44N2. The third-order valence-electron chi connectivity index (χ3n) is 17.0. The molecular weight excluding hydrogens is 965 g/mol. The maximum Gasteiger partial charge on any atom is 0.0991 e. The van der Waals surface area contributed by atoms with Gasteiger partial charge in [0.2, 0.25) is 0 Å². The Kier molecular flexibility index (Phi) is 10.1. The zero-order valence-corrected chi connectivity index (χ0v) is 43.3. The lowest BCUT2D eigenvalue weighted by molar-refractivity contribution is 1.48. The van der Waals surface area contributed by atoms with Crippen molar-refractivity contribution in [1.82, 2.24) is 0 Å². The Morgan fingerprint density at radius 2 is 0.463 bits per heavy atom. The molecule has 0 bridgehead atoms. The molecule has 0 N–H and O–H groups in total. The molecule has 0 fully saturated rings. The van der Waals surface area contributed by atoms with E-state index in [0.29, 0.717) is 11.1 Å². The predicted molar refractivity (Wildman–Crippen MR) is 333 cm³/mol. The van der Waals surface area contributed by atoms with Crippen LogP contribution in [0.3, 0.4) is 0 Å². The molecule has 2 aliphatic carbocycles. The zero-order valence-electron chi connectivity index (χ0n) is 43.3. The molecule has 2 aliphatic rings. The monoisotopic (exact) mass is 1010 g/mol. The van der Waals surface area contributed by atoms with Crippen molar-refractivity contribution >= 4 is 43.1 Å². The summed E-state index contributed by atoms with van der Waals surface area (Å²) in [6, 6.07) is 101. The van der Waals surface area contributed by atoms with Gasteiger partial charge in [0.05, 0.1) is 23.3 Å². The number of nitrogens with zero attached hydrogens (tertiary/aromatic N) is 2. The summed E-state index contributed by atoms with van der Waals surface area (Å²) in [5.41, 5.74) is 27.6. The molecule has 16 rings (SSSR count). The standard InChI is InChI=1S/C78H44N2/c79-45-47-33-37-49(38-34-47)53-21-7-9-23-57(53)73-63-27-13-11-25-61(63)69(51-17-3-1-4-18-51)75-65-31-15-29-59-55(41-43-67(71(59)65)77(73)75)56-42-44-68-72-60(56)30-16-32-66(72)76-70(52-19-5-2-6-20-52)62-26-12-14-28-64(62)74(78(68)76)58-24-10-8-22-54(58)50-39-35-48(46-80)36-40-50/h1-44H. The molecule has 0 aromatic heterocycles. The molecule has 80 heavy (non-hydrogen) atoms. The molecule has 0 amide bonds. The number of nitriles is 2. The molecule has 0 heterocycles. The molecule has 14 aromatic carbocycles. The zero-order chi connectivity index (χ0) is 53.0. The maximum atomic E-state index is 9.77. The van der Waals surface area contributed by atoms with Gasteiger partial charge in [-0.2, -0.15) is 10.5 Å². The average Bonchev–Trinajstić information content (AvgIpc) is 4.16. The van der Waals surface area contributed by atoms with Gasteiger partial charge in [0.15, 0.2) is 0 Å². The van der Waals surface area contributed by atoms with Gasteiger partial charge in [0, 0.05) is 0 Å². The van der Waals surface area contributed by atoms with E-state index in [-0.39, 0.29) is 0 Å². The van der Waals surface area contributed by atoms with Crippen LogP contribution in [-0.4, -0.2) is 0 Å². The lowest BCUT2D eigenvalue weighted by Gasteiger charge is -2.22. The van der Waals surface area contributed by atoms with Gasteiger partial charge >= 0.3 is 0 Å². The van der Waals surface area contributed by atoms with Crippen LogP contribution in [0, 0.1) is 22.7 Å². The third-order valence-corrected chi connectivity index (χ3v) is 17.0. The summed E-state index contributed by atoms with van der Waals surface area (Å²) in [5, 5.41) is 29.3. The predicted octanol–water partition coefficient (Wildman–Crippen LogP) is 21.0. The van der Waals surface area contributed by atoms with Crippen molar-refractivity contribution in [3.8, 4) is 135 Å². The van der Waals surface area contributed by atoms with Crippen LogP contribution in [0.15, 0.2) is 267 Å². The fourth-order valence-electron chi connectivity index (χ4n) is 13.8. The minimum absolute atomic E-state index is 0.643. The Morgan fingerprint density at radius 1 is 0.175 bits per heavy atom. The third kappa shape index (κ3) is 6.58. The summed E-state index contributed by atoms with van der Waals surface area (Å²) in [6.45, 7) is 0. The van der Waals surface area contributed by atoms with Crippen molar-refractivity contribution in [2.24, 2.45) is 0 Å². The molecule has 0 radical (unpaired) electrons. The second-order valence-electron chi connectivity index (χ2n) is 21.1. The van der Waals surface area contributed by atoms with E-state index in [1.165, 1.54) is 132 Å². The van der Waals surface area contributed by atoms with Crippen LogP contribution < -0.4 is 0 Å². The summed E-state index contributed by atoms with van der Waals surface area (Å²) in [6.07, 6.45) is 0. The highest BCUT2D eigenvalue weighted by Crippen LogP contribution is 2.62. The Bertz CT molecular complexity index is 4710. The summed E-state index contributed by atoms with van der Waals surface area (Å²) in [7, 11) is 0. The average molecular weight is 1010 g/mol. The highest BCUT2D eigenvalue weighted by molar-refractivity contribution is 6.32. The maximum absolute atomic E-state index is 9.77. The molecule has 0 aliphatic heterocycles. The van der Waals surface area contributed by atoms with Crippen LogP contribution in [0.1, 0.15) is 11.1 Å². The minimum atomic E-state index is 0.643. The number of fused-ring (bicyclic) bond motifs is 8. The van der Waals surface area contributed by atoms with Crippen LogP contribution >= 0.6 is 0 Å². The number of rotatable bonds is 7. The SMILES string of the molecule is N#Cc1ccc(-c2ccccc2-c2c3c(c(-c4ccccc4)c4ccccc24)-c2cccc4c(-c5ccc6c7c(cccc57)-c5c-6c(-c6ccccc6-c6ccc(C#N)cc6)c6ccccc6c5-c5ccccc5)ccc-3c24)cc1. The van der Waals surface area contributed by atoms with Gasteiger partial charge in [-0.15, -0.1) is 0 Å². The van der Waals surface area contributed by atoms with Crippen LogP contribution in [0.2, 0.25) is 0 Å². The fourth-order valence-corrected chi connectivity index (χ4v) is 13.8. The van der Waals surface area contributed by atoms with Crippen LogP contribution in [-0.2, 0) is 0 Å². The quantitative estimate of drug-likeness (QED) is 0.160. The van der Waals surface area contributed by atoms with Crippen molar-refractivity contribution < 1.29 is 0 Å². The highest BCUT2D eigenvalue weighted by atomic mass is 14.4. The highest BCUT2D eigenvalue weighted by Gasteiger charge is 2.35. The molecule has 14 aromatic rings. The molecule has 0 saturated heterocycles. The Morgan fingerprint density at radius 3 is 0.850 bits per heavy atom. The van der Waals surface area contributed by atoms with E-state index in [0.717, 1.165) is 33.4 Å². The van der Waals surface area contributed by atoms with Crippen LogP contribution in [0.25, 0.3) is 165 Å². The first-order chi connectivity index (χ1) is 39.7. The molecule has 0 saturated carbocycles. The lowest BCUT2D eigenvalue weighted by Crippen LogP contribution is -1.95. The largest absolute Gasteiger partial charge is 0.192 e. The van der Waals surface area contributed by atoms with Crippen molar-refractivity contribution in [2.75, 3.05) is 0 Å². The summed E-state index contributed by atoms with van der Waals surface area (Å²) >= 11 is 0. The molecule has 2 heteroatoms. The number of benzene rings is 14. The van der Waals surface area contributed by atoms with Gasteiger partial charge in [-0.05, 0) is 190 Å². The van der Waals surface area contributed by atoms with Crippen molar-refractivity contribution in [2.45, 2.75) is 0 Å². The van der Waals surface area contributed by atoms with E-state index in [9.17, 15) is 10.5 Å². The van der Waals surface area contributed by atoms with Crippen molar-refractivity contribution in [3.63, 3.8) is 0 Å². The van der Waals surface area contributed by atoms with E-state index < -0.39 is 0 Å². The molecule has 2 nitrogen and oxygen atoms in total. The lowest BCUT2D eigenvalue weighted by atomic mass is 9.81. The number of hydrogen-bond donors (Lipinski definition) is 0. The first-order valence-electron chi connectivity index (χ1n) is 27.3. The van der Waals surface area contributed by atoms with E-state index in [4.69, 9.17) is 0 Å². The van der Waals surface area contributed by atoms with E-state index >= 15 is 0 Å². The Balaban J connectivity index is 0.967. The second-order valence-corrected chi connectivity index (χ2v) is 21.1. The van der Waals surface area contributed by atoms with Crippen molar-refractivity contribution in [1.29, 1.82) is 10.5 Å². The van der Waals surface area contributed by atoms with E-state index in [1.54, 1.807) is 0 Å². The number of hydrogen-bond acceptors (Lipinski definition) is 2. The van der Waals surface area contributed by atoms with Gasteiger partial charge in [-0.3, -0.25) is 0 Å². The minimum Gasteiger partial charge on any atom is -0.192 e. The smallest absolute Gasteiger partial charge is 0.0991 e. The molecule has 0 atom stereocenters. The van der Waals surface area contributed by atoms with Crippen LogP contribution in [0.4, 0.5) is 0 Å². The second kappa shape index (κ2) is 17.8. The first-order valence-corrected chi connectivity index (χ1v) is 27.3. The van der Waals surface area contributed by atoms with Gasteiger partial charge in [-0.1, -0.05) is 243 Å². The van der Waals surface area contributed by atoms with Gasteiger partial charge in [-0.25, -0.2) is 0 Å². The van der Waals surface area contributed by atoms with Crippen LogP contribution in [0.5, 0.6) is 0 Å². The Hall–Kier alpha value is -10.9. The Labute approximate surface area is 463 Å². The summed E-state index contributed by atoms with van der Waals surface area (Å²) in [4.78, 5) is 0. The van der Waals surface area contributed by atoms with E-state index in [2.05, 4.69) is 255 Å². The summed E-state index contributed by atoms with van der Waals surface area (Å²) in [5.74, 6) is 0. The summed E-state index contributed by atoms with van der Waals surface area (Å²) < 4.78 is 0. The topological polar surface area (TPSA) is 47.6 Å². The van der Waals surface area contributed by atoms with Gasteiger partial charge in [0.1, 0.15) is 0 Å². The van der Waals surface area contributed by atoms with Gasteiger partial charge in [0.25, 0.3) is 0 Å². The van der Waals surface area contributed by atoms with E-state index in [1.807, 2.05) is 24.3 Å². The molecule has 0 spiro atoms.